The zero-order valence-corrected chi connectivity index (χ0v) is 86.4. The highest BCUT2D eigenvalue weighted by Crippen LogP contribution is 2.40. The first kappa shape index (κ1) is 106. The van der Waals surface area contributed by atoms with Crippen LogP contribution in [0.25, 0.3) is 43.1 Å². The van der Waals surface area contributed by atoms with Crippen molar-refractivity contribution in [2.75, 3.05) is 193 Å². The van der Waals surface area contributed by atoms with Crippen LogP contribution in [0.5, 0.6) is 0 Å². The lowest BCUT2D eigenvalue weighted by Gasteiger charge is -2.37. The lowest BCUT2D eigenvalue weighted by atomic mass is 10.0. The molecule has 0 aliphatic carbocycles. The van der Waals surface area contributed by atoms with Gasteiger partial charge < -0.3 is 110 Å². The normalized spacial score (nSPS) is 17.7. The zero-order valence-electron chi connectivity index (χ0n) is 84.0. The number of ether oxygens (including phenoxy) is 6. The van der Waals surface area contributed by atoms with Crippen LogP contribution in [-0.2, 0) is 28.4 Å². The fourth-order valence-electron chi connectivity index (χ4n) is 18.0. The number of carbonyl (C=O) groups is 6. The van der Waals surface area contributed by atoms with Gasteiger partial charge in [0.25, 0.3) is 0 Å². The van der Waals surface area contributed by atoms with Gasteiger partial charge in [0, 0.05) is 250 Å². The van der Waals surface area contributed by atoms with Crippen LogP contribution in [0.3, 0.4) is 0 Å². The van der Waals surface area contributed by atoms with Gasteiger partial charge in [0.1, 0.15) is 33.6 Å². The van der Waals surface area contributed by atoms with Gasteiger partial charge in [0.05, 0.1) is 0 Å². The van der Waals surface area contributed by atoms with Crippen LogP contribution in [-0.4, -0.2) is 281 Å². The van der Waals surface area contributed by atoms with E-state index in [9.17, 15) is 28.8 Å². The molecule has 744 valence electrons. The molecular formula is C106H154BrClN16O12. The number of anilines is 7. The van der Waals surface area contributed by atoms with E-state index in [1.807, 2.05) is 134 Å². The van der Waals surface area contributed by atoms with Gasteiger partial charge in [-0.05, 0) is 243 Å². The van der Waals surface area contributed by atoms with Gasteiger partial charge in [-0.3, -0.25) is 0 Å². The Hall–Kier alpha value is -10.3. The van der Waals surface area contributed by atoms with E-state index in [0.29, 0.717) is 83.6 Å². The quantitative estimate of drug-likeness (QED) is 0.0694. The minimum Gasteiger partial charge on any atom is -0.444 e. The first-order valence-electron chi connectivity index (χ1n) is 49.0. The lowest BCUT2D eigenvalue weighted by Crippen LogP contribution is -2.50. The van der Waals surface area contributed by atoms with Crippen molar-refractivity contribution in [1.82, 2.24) is 40.0 Å². The molecule has 0 unspecified atom stereocenters. The maximum atomic E-state index is 12.5. The van der Waals surface area contributed by atoms with E-state index in [-0.39, 0.29) is 55.0 Å². The van der Waals surface area contributed by atoms with Crippen molar-refractivity contribution in [2.45, 2.75) is 234 Å². The highest BCUT2D eigenvalue weighted by atomic mass is 79.9. The minimum absolute atomic E-state index is 0. The van der Waals surface area contributed by atoms with E-state index < -0.39 is 33.6 Å². The monoisotopic (exact) mass is 1960 g/mol. The topological polar surface area (TPSA) is 276 Å². The molecule has 30 heteroatoms. The van der Waals surface area contributed by atoms with Gasteiger partial charge in [-0.1, -0.05) is 113 Å². The van der Waals surface area contributed by atoms with Gasteiger partial charge in [0.15, 0.2) is 0 Å². The second-order valence-corrected chi connectivity index (χ2v) is 43.3. The Kier molecular flexibility index (Phi) is 36.9. The Morgan fingerprint density at radius 1 is 0.272 bits per heavy atom. The molecule has 8 aromatic rings. The van der Waals surface area contributed by atoms with Crippen molar-refractivity contribution < 1.29 is 57.2 Å². The fourth-order valence-corrected chi connectivity index (χ4v) is 18.4. The summed E-state index contributed by atoms with van der Waals surface area (Å²) in [5, 5.41) is 28.1. The zero-order chi connectivity index (χ0) is 97.2. The number of nitrogens with zero attached hydrogens (tertiary/aromatic N) is 10. The van der Waals surface area contributed by atoms with Crippen LogP contribution in [0.4, 0.5) is 68.6 Å². The smallest absolute Gasteiger partial charge is 0.410 e. The summed E-state index contributed by atoms with van der Waals surface area (Å²) < 4.78 is 34.0. The molecule has 0 bridgehead atoms. The highest BCUT2D eigenvalue weighted by Gasteiger charge is 2.35. The first-order valence-corrected chi connectivity index (χ1v) is 49.8. The van der Waals surface area contributed by atoms with Crippen molar-refractivity contribution in [2.24, 2.45) is 5.73 Å². The third kappa shape index (κ3) is 31.3. The van der Waals surface area contributed by atoms with Crippen LogP contribution < -0.4 is 51.9 Å². The third-order valence-electron chi connectivity index (χ3n) is 24.7. The first-order chi connectivity index (χ1) is 63.9. The molecule has 0 radical (unpaired) electrons. The van der Waals surface area contributed by atoms with Crippen LogP contribution >= 0.6 is 28.3 Å². The molecular weight excluding hydrogens is 1800 g/mol. The Bertz CT molecular complexity index is 5080. The molecule has 8 aliphatic heterocycles. The predicted molar refractivity (Wildman–Crippen MR) is 559 cm³/mol. The van der Waals surface area contributed by atoms with Crippen molar-refractivity contribution in [3.05, 3.63) is 150 Å². The summed E-state index contributed by atoms with van der Waals surface area (Å²) in [6, 6.07) is 53.1. The Labute approximate surface area is 822 Å². The summed E-state index contributed by atoms with van der Waals surface area (Å²) in [5.41, 5.74) is 11.4. The molecule has 0 aromatic heterocycles. The van der Waals surface area contributed by atoms with Crippen LogP contribution in [0, 0.1) is 0 Å². The van der Waals surface area contributed by atoms with E-state index >= 15 is 0 Å². The molecule has 8 aromatic carbocycles. The third-order valence-corrected chi connectivity index (χ3v) is 25.4. The summed E-state index contributed by atoms with van der Waals surface area (Å²) >= 11 is 3.62. The van der Waals surface area contributed by atoms with Crippen molar-refractivity contribution >= 4 is 148 Å². The average molecular weight is 1960 g/mol. The standard InChI is InChI=1S/2C29H42N4O4.C19H23BrN2O2.C19H26N4.C10H20N2O2.ClH/c2*1-28(2,3)36-26(34)32-15-13-21(14-16-32)30-24-11-12-25(23-10-8-7-9-22(23)24)31-17-19-33(20-18-31)27(35)37-29(4,5)6;1-19(2,3)24-18(23)22-12-10-21(11-13-22)17-9-8-16(20)14-6-4-5-7-15(14)17;1-2-4-17-16(3-1)18(22-15-7-9-20-10-8-15)5-6-19(17)23-13-11-21-12-14-23;1-10(2,3)14-9(13)12-6-4-8(11)5-7-12;/h2*7-12,21,30H,13-20H2,1-6H3;4-9H,10-13H2,1-3H3;1-6,15,20-22H,7-14H2;8H,4-7,11H2,1-3H3;1H. The lowest BCUT2D eigenvalue weighted by molar-refractivity contribution is 0.0197. The van der Waals surface area contributed by atoms with Crippen LogP contribution in [0.2, 0.25) is 0 Å². The van der Waals surface area contributed by atoms with Gasteiger partial charge in [-0.2, -0.15) is 0 Å². The van der Waals surface area contributed by atoms with Gasteiger partial charge >= 0.3 is 36.6 Å². The molecule has 6 amide bonds. The number of fused-ring (bicyclic) bond motifs is 4. The number of likely N-dealkylation sites (tertiary alicyclic amines) is 3. The molecule has 16 rings (SSSR count). The molecule has 0 spiro atoms. The number of rotatable bonds is 10. The Balaban J connectivity index is 0.000000169. The van der Waals surface area contributed by atoms with Crippen LogP contribution in [0.1, 0.15) is 176 Å². The fraction of sp³-hybridized carbons (Fsp3) is 0.566. The van der Waals surface area contributed by atoms with Gasteiger partial charge in [-0.15, -0.1) is 12.4 Å². The number of piperazine rings is 4. The molecule has 7 N–H and O–H groups in total. The summed E-state index contributed by atoms with van der Waals surface area (Å²) in [4.78, 5) is 93.8. The van der Waals surface area contributed by atoms with E-state index in [4.69, 9.17) is 34.2 Å². The summed E-state index contributed by atoms with van der Waals surface area (Å²) in [6.45, 7) is 53.4. The summed E-state index contributed by atoms with van der Waals surface area (Å²) in [6.07, 6.45) is 6.28. The minimum atomic E-state index is -0.487. The number of nitrogens with one attached hydrogen (secondary N) is 5. The predicted octanol–water partition coefficient (Wildman–Crippen LogP) is 20.3. The van der Waals surface area contributed by atoms with E-state index in [1.54, 1.807) is 19.6 Å². The molecule has 0 saturated carbocycles. The summed E-state index contributed by atoms with van der Waals surface area (Å²) in [7, 11) is 0. The molecule has 28 nitrogen and oxygen atoms in total. The highest BCUT2D eigenvalue weighted by molar-refractivity contribution is 9.10. The van der Waals surface area contributed by atoms with E-state index in [0.717, 1.165) is 146 Å². The molecule has 8 fully saturated rings. The second-order valence-electron chi connectivity index (χ2n) is 42.5. The average Bonchev–Trinajstić information content (AvgIpc) is 0.783. The van der Waals surface area contributed by atoms with E-state index in [1.165, 1.54) is 84.4 Å². The van der Waals surface area contributed by atoms with Crippen molar-refractivity contribution in [3.8, 4) is 0 Å². The second kappa shape index (κ2) is 47.4. The van der Waals surface area contributed by atoms with Gasteiger partial charge in [-0.25, -0.2) is 28.8 Å². The number of hydrogen-bond acceptors (Lipinski definition) is 22. The van der Waals surface area contributed by atoms with Crippen LogP contribution in [0.15, 0.2) is 150 Å². The van der Waals surface area contributed by atoms with Crippen molar-refractivity contribution in [3.63, 3.8) is 0 Å². The largest absolute Gasteiger partial charge is 0.444 e. The number of halogens is 2. The Morgan fingerprint density at radius 3 is 0.757 bits per heavy atom. The van der Waals surface area contributed by atoms with Crippen molar-refractivity contribution in [1.29, 1.82) is 0 Å². The van der Waals surface area contributed by atoms with E-state index in [2.05, 4.69) is 208 Å². The number of piperidine rings is 4. The maximum Gasteiger partial charge on any atom is 0.410 e. The number of carbonyl (C=O) groups excluding carboxylic acids is 6. The molecule has 136 heavy (non-hydrogen) atoms. The number of nitrogens with two attached hydrogens (primary N) is 1. The molecule has 8 heterocycles. The molecule has 0 atom stereocenters. The molecule has 8 saturated heterocycles. The maximum absolute atomic E-state index is 12.5. The molecule has 8 aliphatic rings. The summed E-state index contributed by atoms with van der Waals surface area (Å²) in [5.74, 6) is 0. The SMILES string of the molecule is CC(C)(C)OC(=O)N1CCC(N)CC1.CC(C)(C)OC(=O)N1CCC(Nc2ccc(N3CCN(C(=O)OC(C)(C)C)CC3)c3ccccc23)CC1.CC(C)(C)OC(=O)N1CCC(Nc2ccc(N3CCN(C(=O)OC(C)(C)C)CC3)c3ccccc23)CC1.CC(C)(C)OC(=O)N1CCN(c2ccc(Br)c3ccccc23)CC1.Cl.c1ccc2c(N3CCNCC3)ccc(NC3CCNCC3)c2c1. The number of amides is 6. The Morgan fingerprint density at radius 2 is 0.485 bits per heavy atom. The number of hydrogen-bond donors (Lipinski definition) is 6. The number of benzene rings is 8. The van der Waals surface area contributed by atoms with Gasteiger partial charge in [0.2, 0.25) is 0 Å².